The zero-order chi connectivity index (χ0) is 14.2. The van der Waals surface area contributed by atoms with Crippen molar-refractivity contribution in [1.82, 2.24) is 0 Å². The summed E-state index contributed by atoms with van der Waals surface area (Å²) in [6.07, 6.45) is 5.22. The van der Waals surface area contributed by atoms with E-state index in [1.807, 2.05) is 0 Å². The number of anilines is 2. The monoisotopic (exact) mass is 276 g/mol. The topological polar surface area (TPSA) is 41.6 Å². The van der Waals surface area contributed by atoms with E-state index in [0.717, 1.165) is 18.7 Å². The molecule has 1 aliphatic heterocycles. The van der Waals surface area contributed by atoms with Crippen molar-refractivity contribution in [3.8, 4) is 0 Å². The summed E-state index contributed by atoms with van der Waals surface area (Å²) in [7, 11) is 1.43. The van der Waals surface area contributed by atoms with E-state index >= 15 is 0 Å². The molecule has 0 atom stereocenters. The quantitative estimate of drug-likeness (QED) is 0.640. The van der Waals surface area contributed by atoms with Gasteiger partial charge in [-0.05, 0) is 49.9 Å². The van der Waals surface area contributed by atoms with Crippen molar-refractivity contribution in [2.75, 3.05) is 37.0 Å². The molecule has 1 saturated heterocycles. The first-order chi connectivity index (χ1) is 9.79. The van der Waals surface area contributed by atoms with Crippen LogP contribution >= 0.6 is 0 Å². The Morgan fingerprint density at radius 1 is 1.20 bits per heavy atom. The van der Waals surface area contributed by atoms with E-state index in [1.54, 1.807) is 0 Å². The molecule has 0 spiro atoms. The van der Waals surface area contributed by atoms with Crippen LogP contribution in [-0.4, -0.2) is 32.7 Å². The number of piperidine rings is 1. The number of hydrogen-bond donors (Lipinski definition) is 1. The number of carbonyl (C=O) groups is 1. The lowest BCUT2D eigenvalue weighted by molar-refractivity contribution is -0.140. The normalized spacial score (nSPS) is 14.9. The molecule has 20 heavy (non-hydrogen) atoms. The second-order valence-corrected chi connectivity index (χ2v) is 5.20. The third kappa shape index (κ3) is 4.44. The maximum absolute atomic E-state index is 11.0. The Balaban J connectivity index is 1.75. The average Bonchev–Trinajstić information content (AvgIpc) is 2.52. The van der Waals surface area contributed by atoms with Gasteiger partial charge in [-0.2, -0.15) is 0 Å². The third-order valence-corrected chi connectivity index (χ3v) is 3.70. The SMILES string of the molecule is COC(=O)CCCNc1ccc(N2CCCCC2)cc1. The van der Waals surface area contributed by atoms with Gasteiger partial charge in [-0.3, -0.25) is 4.79 Å². The zero-order valence-electron chi connectivity index (χ0n) is 12.2. The summed E-state index contributed by atoms with van der Waals surface area (Å²) >= 11 is 0. The molecule has 1 aliphatic rings. The average molecular weight is 276 g/mol. The van der Waals surface area contributed by atoms with Gasteiger partial charge in [0.2, 0.25) is 0 Å². The molecule has 0 aromatic heterocycles. The minimum absolute atomic E-state index is 0.146. The fourth-order valence-corrected chi connectivity index (χ4v) is 2.51. The zero-order valence-corrected chi connectivity index (χ0v) is 12.2. The van der Waals surface area contributed by atoms with Crippen LogP contribution in [-0.2, 0) is 9.53 Å². The van der Waals surface area contributed by atoms with Crippen molar-refractivity contribution in [1.29, 1.82) is 0 Å². The molecule has 1 fully saturated rings. The lowest BCUT2D eigenvalue weighted by Gasteiger charge is -2.28. The molecule has 0 saturated carbocycles. The Kier molecular flexibility index (Phi) is 5.71. The minimum Gasteiger partial charge on any atom is -0.469 e. The second kappa shape index (κ2) is 7.78. The van der Waals surface area contributed by atoms with Crippen LogP contribution in [0, 0.1) is 0 Å². The molecule has 0 amide bonds. The summed E-state index contributed by atoms with van der Waals surface area (Å²) in [5.74, 6) is -0.146. The Labute approximate surface area is 121 Å². The van der Waals surface area contributed by atoms with Gasteiger partial charge >= 0.3 is 5.97 Å². The minimum atomic E-state index is -0.146. The highest BCUT2D eigenvalue weighted by Gasteiger charge is 2.10. The first-order valence-corrected chi connectivity index (χ1v) is 7.45. The summed E-state index contributed by atoms with van der Waals surface area (Å²) in [6, 6.07) is 8.58. The molecule has 0 aliphatic carbocycles. The van der Waals surface area contributed by atoms with Crippen LogP contribution in [0.2, 0.25) is 0 Å². The van der Waals surface area contributed by atoms with Gasteiger partial charge in [0.05, 0.1) is 7.11 Å². The van der Waals surface area contributed by atoms with E-state index in [2.05, 4.69) is 39.2 Å². The second-order valence-electron chi connectivity index (χ2n) is 5.20. The molecule has 1 N–H and O–H groups in total. The van der Waals surface area contributed by atoms with E-state index in [-0.39, 0.29) is 5.97 Å². The molecule has 1 aromatic carbocycles. The number of rotatable bonds is 6. The molecule has 110 valence electrons. The maximum Gasteiger partial charge on any atom is 0.305 e. The van der Waals surface area contributed by atoms with Crippen LogP contribution in [0.3, 0.4) is 0 Å². The molecular weight excluding hydrogens is 252 g/mol. The molecule has 4 heteroatoms. The summed E-state index contributed by atoms with van der Waals surface area (Å²) in [5, 5.41) is 3.33. The van der Waals surface area contributed by atoms with E-state index in [1.165, 1.54) is 45.1 Å². The van der Waals surface area contributed by atoms with Gasteiger partial charge in [0.15, 0.2) is 0 Å². The predicted octanol–water partition coefficient (Wildman–Crippen LogP) is 3.04. The molecule has 0 radical (unpaired) electrons. The molecular formula is C16H24N2O2. The standard InChI is InChI=1S/C16H24N2O2/c1-20-16(19)6-5-11-17-14-7-9-15(10-8-14)18-12-3-2-4-13-18/h7-10,17H,2-6,11-13H2,1H3. The van der Waals surface area contributed by atoms with Crippen molar-refractivity contribution in [2.45, 2.75) is 32.1 Å². The summed E-state index contributed by atoms with van der Waals surface area (Å²) in [5.41, 5.74) is 2.42. The van der Waals surface area contributed by atoms with E-state index in [0.29, 0.717) is 6.42 Å². The highest BCUT2D eigenvalue weighted by molar-refractivity contribution is 5.69. The third-order valence-electron chi connectivity index (χ3n) is 3.70. The van der Waals surface area contributed by atoms with Crippen LogP contribution in [0.15, 0.2) is 24.3 Å². The fraction of sp³-hybridized carbons (Fsp3) is 0.562. The van der Waals surface area contributed by atoms with Gasteiger partial charge in [-0.1, -0.05) is 0 Å². The largest absolute Gasteiger partial charge is 0.469 e. The Morgan fingerprint density at radius 2 is 1.90 bits per heavy atom. The Bertz CT molecular complexity index is 411. The van der Waals surface area contributed by atoms with Gasteiger partial charge in [-0.15, -0.1) is 0 Å². The first kappa shape index (κ1) is 14.7. The van der Waals surface area contributed by atoms with Crippen molar-refractivity contribution >= 4 is 17.3 Å². The molecule has 1 aromatic rings. The number of benzene rings is 1. The first-order valence-electron chi connectivity index (χ1n) is 7.45. The predicted molar refractivity (Wildman–Crippen MR) is 82.2 cm³/mol. The van der Waals surface area contributed by atoms with Gasteiger partial charge in [-0.25, -0.2) is 0 Å². The van der Waals surface area contributed by atoms with Crippen molar-refractivity contribution in [3.63, 3.8) is 0 Å². The van der Waals surface area contributed by atoms with E-state index in [9.17, 15) is 4.79 Å². The van der Waals surface area contributed by atoms with Gasteiger partial charge in [0.1, 0.15) is 0 Å². The van der Waals surface area contributed by atoms with Crippen molar-refractivity contribution in [2.24, 2.45) is 0 Å². The highest BCUT2D eigenvalue weighted by Crippen LogP contribution is 2.21. The Morgan fingerprint density at radius 3 is 2.55 bits per heavy atom. The molecule has 1 heterocycles. The number of esters is 1. The van der Waals surface area contributed by atoms with Gasteiger partial charge < -0.3 is 15.0 Å². The maximum atomic E-state index is 11.0. The van der Waals surface area contributed by atoms with Crippen LogP contribution < -0.4 is 10.2 Å². The number of methoxy groups -OCH3 is 1. The number of nitrogens with one attached hydrogen (secondary N) is 1. The van der Waals surface area contributed by atoms with Gasteiger partial charge in [0, 0.05) is 37.4 Å². The van der Waals surface area contributed by atoms with Crippen LogP contribution in [0.4, 0.5) is 11.4 Å². The summed E-state index contributed by atoms with van der Waals surface area (Å²) in [4.78, 5) is 13.4. The lowest BCUT2D eigenvalue weighted by Crippen LogP contribution is -2.29. The van der Waals surface area contributed by atoms with Crippen LogP contribution in [0.1, 0.15) is 32.1 Å². The fourth-order valence-electron chi connectivity index (χ4n) is 2.51. The molecule has 0 unspecified atom stereocenters. The van der Waals surface area contributed by atoms with Crippen molar-refractivity contribution in [3.05, 3.63) is 24.3 Å². The number of nitrogens with zero attached hydrogens (tertiary/aromatic N) is 1. The van der Waals surface area contributed by atoms with E-state index in [4.69, 9.17) is 0 Å². The van der Waals surface area contributed by atoms with Gasteiger partial charge in [0.25, 0.3) is 0 Å². The number of ether oxygens (including phenoxy) is 1. The smallest absolute Gasteiger partial charge is 0.305 e. The molecule has 2 rings (SSSR count). The Hall–Kier alpha value is -1.71. The number of hydrogen-bond acceptors (Lipinski definition) is 4. The lowest BCUT2D eigenvalue weighted by atomic mass is 10.1. The molecule has 0 bridgehead atoms. The van der Waals surface area contributed by atoms with Crippen LogP contribution in [0.25, 0.3) is 0 Å². The molecule has 4 nitrogen and oxygen atoms in total. The highest BCUT2D eigenvalue weighted by atomic mass is 16.5. The van der Waals surface area contributed by atoms with E-state index < -0.39 is 0 Å². The summed E-state index contributed by atoms with van der Waals surface area (Å²) < 4.78 is 4.61. The van der Waals surface area contributed by atoms with Crippen LogP contribution in [0.5, 0.6) is 0 Å². The number of carbonyl (C=O) groups excluding carboxylic acids is 1. The van der Waals surface area contributed by atoms with Crippen molar-refractivity contribution < 1.29 is 9.53 Å². The summed E-state index contributed by atoms with van der Waals surface area (Å²) in [6.45, 7) is 3.13.